The van der Waals surface area contributed by atoms with Crippen LogP contribution in [-0.4, -0.2) is 70.7 Å². The van der Waals surface area contributed by atoms with Gasteiger partial charge < -0.3 is 19.1 Å². The number of rotatable bonds is 10. The molecule has 0 spiro atoms. The van der Waals surface area contributed by atoms with Crippen molar-refractivity contribution in [3.05, 3.63) is 72.3 Å². The monoisotopic (exact) mass is 461 g/mol. The third-order valence-electron chi connectivity index (χ3n) is 5.79. The maximum absolute atomic E-state index is 5.40. The molecule has 2 aromatic heterocycles. The molecule has 180 valence electrons. The zero-order chi connectivity index (χ0) is 24.5. The molecule has 8 heteroatoms. The predicted octanol–water partition coefficient (Wildman–Crippen LogP) is 3.95. The standard InChI is InChI=1S/C26H35N7O/c1-7-20(3)25(31(5)18-27-17-23-24(8-2)32(6)19-30-23)10-9-21(4)22-15-28-26(29-16-22)33-11-13-34-14-12-33/h8-10,15-17,19H,2-3,7,11-14,18H2,1,4-6H3/b21-9+,25-10+,27-17-. The van der Waals surface area contributed by atoms with Crippen molar-refractivity contribution in [1.29, 1.82) is 0 Å². The Morgan fingerprint density at radius 3 is 2.56 bits per heavy atom. The minimum atomic E-state index is 0.488. The number of ether oxygens (including phenoxy) is 1. The van der Waals surface area contributed by atoms with Crippen molar-refractivity contribution in [1.82, 2.24) is 24.4 Å². The molecule has 1 fully saturated rings. The van der Waals surface area contributed by atoms with E-state index in [0.29, 0.717) is 19.9 Å². The van der Waals surface area contributed by atoms with Crippen molar-refractivity contribution in [2.75, 3.05) is 44.9 Å². The summed E-state index contributed by atoms with van der Waals surface area (Å²) < 4.78 is 7.33. The van der Waals surface area contributed by atoms with E-state index < -0.39 is 0 Å². The van der Waals surface area contributed by atoms with E-state index in [1.165, 1.54) is 0 Å². The van der Waals surface area contributed by atoms with Crippen LogP contribution in [0.5, 0.6) is 0 Å². The fourth-order valence-electron chi connectivity index (χ4n) is 3.58. The Morgan fingerprint density at radius 2 is 1.91 bits per heavy atom. The number of anilines is 1. The summed E-state index contributed by atoms with van der Waals surface area (Å²) in [5, 5.41) is 0. The zero-order valence-corrected chi connectivity index (χ0v) is 20.7. The van der Waals surface area contributed by atoms with Crippen molar-refractivity contribution in [2.24, 2.45) is 12.0 Å². The lowest BCUT2D eigenvalue weighted by Gasteiger charge is -2.26. The molecule has 2 aromatic rings. The van der Waals surface area contributed by atoms with Crippen LogP contribution in [0.2, 0.25) is 0 Å². The molecule has 1 aliphatic heterocycles. The zero-order valence-electron chi connectivity index (χ0n) is 20.7. The van der Waals surface area contributed by atoms with Gasteiger partial charge in [-0.05, 0) is 36.6 Å². The summed E-state index contributed by atoms with van der Waals surface area (Å²) in [6.07, 6.45) is 14.1. The lowest BCUT2D eigenvalue weighted by atomic mass is 10.1. The normalized spacial score (nSPS) is 15.1. The molecular weight excluding hydrogens is 426 g/mol. The van der Waals surface area contributed by atoms with Gasteiger partial charge in [-0.3, -0.25) is 4.99 Å². The summed E-state index contributed by atoms with van der Waals surface area (Å²) in [6, 6.07) is 0. The Morgan fingerprint density at radius 1 is 1.21 bits per heavy atom. The lowest BCUT2D eigenvalue weighted by Crippen LogP contribution is -2.37. The van der Waals surface area contributed by atoms with Crippen LogP contribution in [0, 0.1) is 0 Å². The van der Waals surface area contributed by atoms with Gasteiger partial charge in [0.2, 0.25) is 5.95 Å². The molecule has 1 saturated heterocycles. The molecule has 0 unspecified atom stereocenters. The first-order valence-corrected chi connectivity index (χ1v) is 11.5. The molecule has 0 atom stereocenters. The number of allylic oxidation sites excluding steroid dienone is 4. The summed E-state index contributed by atoms with van der Waals surface area (Å²) in [6.45, 7) is 15.8. The molecule has 1 aliphatic rings. The second-order valence-electron chi connectivity index (χ2n) is 8.21. The van der Waals surface area contributed by atoms with Crippen LogP contribution in [-0.2, 0) is 11.8 Å². The number of aromatic nitrogens is 4. The van der Waals surface area contributed by atoms with Gasteiger partial charge in [0.15, 0.2) is 0 Å². The molecule has 3 rings (SSSR count). The Kier molecular flexibility index (Phi) is 8.93. The van der Waals surface area contributed by atoms with E-state index in [1.54, 1.807) is 18.6 Å². The van der Waals surface area contributed by atoms with Gasteiger partial charge in [-0.1, -0.05) is 26.2 Å². The van der Waals surface area contributed by atoms with Crippen molar-refractivity contribution < 1.29 is 4.74 Å². The molecule has 0 amide bonds. The SMILES string of the molecule is C=Cc1c(/C=N\CN(C)/C(=C/C=C(\C)c2cnc(N3CCOCC3)nc2)C(=C)CC)ncn1C. The highest BCUT2D eigenvalue weighted by Gasteiger charge is 2.13. The van der Waals surface area contributed by atoms with Gasteiger partial charge in [-0.2, -0.15) is 0 Å². The van der Waals surface area contributed by atoms with E-state index in [9.17, 15) is 0 Å². The van der Waals surface area contributed by atoms with Gasteiger partial charge >= 0.3 is 0 Å². The van der Waals surface area contributed by atoms with Crippen LogP contribution in [0.1, 0.15) is 37.2 Å². The van der Waals surface area contributed by atoms with Crippen LogP contribution in [0.4, 0.5) is 5.95 Å². The van der Waals surface area contributed by atoms with Crippen molar-refractivity contribution in [2.45, 2.75) is 20.3 Å². The molecule has 3 heterocycles. The van der Waals surface area contributed by atoms with Gasteiger partial charge in [0.05, 0.1) is 31.4 Å². The number of hydrogen-bond acceptors (Lipinski definition) is 7. The second-order valence-corrected chi connectivity index (χ2v) is 8.21. The van der Waals surface area contributed by atoms with E-state index in [4.69, 9.17) is 4.74 Å². The second kappa shape index (κ2) is 12.1. The third-order valence-corrected chi connectivity index (χ3v) is 5.79. The average Bonchev–Trinajstić information content (AvgIpc) is 3.23. The Labute approximate surface area is 202 Å². The van der Waals surface area contributed by atoms with E-state index in [1.807, 2.05) is 31.1 Å². The van der Waals surface area contributed by atoms with Crippen LogP contribution in [0.3, 0.4) is 0 Å². The van der Waals surface area contributed by atoms with Gasteiger partial charge in [-0.15, -0.1) is 0 Å². The first-order valence-electron chi connectivity index (χ1n) is 11.5. The van der Waals surface area contributed by atoms with E-state index in [0.717, 1.165) is 59.3 Å². The summed E-state index contributed by atoms with van der Waals surface area (Å²) >= 11 is 0. The molecule has 0 radical (unpaired) electrons. The average molecular weight is 462 g/mol. The first-order chi connectivity index (χ1) is 16.4. The number of hydrogen-bond donors (Lipinski definition) is 0. The smallest absolute Gasteiger partial charge is 0.225 e. The largest absolute Gasteiger partial charge is 0.378 e. The molecule has 8 nitrogen and oxygen atoms in total. The minimum Gasteiger partial charge on any atom is -0.378 e. The van der Waals surface area contributed by atoms with Gasteiger partial charge in [-0.25, -0.2) is 15.0 Å². The first kappa shape index (κ1) is 25.1. The highest BCUT2D eigenvalue weighted by atomic mass is 16.5. The summed E-state index contributed by atoms with van der Waals surface area (Å²) in [4.78, 5) is 22.3. The van der Waals surface area contributed by atoms with Crippen molar-refractivity contribution in [3.63, 3.8) is 0 Å². The Bertz CT molecular complexity index is 1070. The van der Waals surface area contributed by atoms with E-state index >= 15 is 0 Å². The van der Waals surface area contributed by atoms with E-state index in [2.05, 4.69) is 68.9 Å². The molecule has 34 heavy (non-hydrogen) atoms. The topological polar surface area (TPSA) is 71.7 Å². The number of imidazole rings is 1. The number of morpholine rings is 1. The minimum absolute atomic E-state index is 0.488. The molecule has 0 saturated carbocycles. The fourth-order valence-corrected chi connectivity index (χ4v) is 3.58. The third kappa shape index (κ3) is 6.29. The Balaban J connectivity index is 1.71. The highest BCUT2D eigenvalue weighted by molar-refractivity contribution is 5.81. The molecule has 0 aliphatic carbocycles. The number of nitrogens with zero attached hydrogens (tertiary/aromatic N) is 7. The van der Waals surface area contributed by atoms with Crippen LogP contribution in [0.15, 0.2) is 60.3 Å². The fraction of sp³-hybridized carbons (Fsp3) is 0.385. The highest BCUT2D eigenvalue weighted by Crippen LogP contribution is 2.19. The van der Waals surface area contributed by atoms with E-state index in [-0.39, 0.29) is 0 Å². The van der Waals surface area contributed by atoms with Crippen molar-refractivity contribution >= 4 is 23.8 Å². The summed E-state index contributed by atoms with van der Waals surface area (Å²) in [5.74, 6) is 0.751. The maximum Gasteiger partial charge on any atom is 0.225 e. The van der Waals surface area contributed by atoms with Crippen LogP contribution < -0.4 is 4.90 Å². The molecule has 0 aromatic carbocycles. The predicted molar refractivity (Wildman–Crippen MR) is 140 cm³/mol. The Hall–Kier alpha value is -3.52. The molecule has 0 bridgehead atoms. The lowest BCUT2D eigenvalue weighted by molar-refractivity contribution is 0.122. The molecule has 0 N–H and O–H groups in total. The summed E-state index contributed by atoms with van der Waals surface area (Å²) in [7, 11) is 3.95. The van der Waals surface area contributed by atoms with Crippen molar-refractivity contribution in [3.8, 4) is 0 Å². The maximum atomic E-state index is 5.40. The number of likely N-dealkylation sites (N-methyl/N-ethyl adjacent to an activating group) is 1. The van der Waals surface area contributed by atoms with Crippen LogP contribution >= 0.6 is 0 Å². The molecular formula is C26H35N7O. The van der Waals surface area contributed by atoms with Crippen LogP contribution in [0.25, 0.3) is 11.6 Å². The number of aryl methyl sites for hydroxylation is 1. The van der Waals surface area contributed by atoms with Gasteiger partial charge in [0.1, 0.15) is 12.4 Å². The van der Waals surface area contributed by atoms with Gasteiger partial charge in [0.25, 0.3) is 0 Å². The van der Waals surface area contributed by atoms with Gasteiger partial charge in [0, 0.05) is 50.8 Å². The summed E-state index contributed by atoms with van der Waals surface area (Å²) in [5.41, 5.74) is 5.90. The number of aliphatic imine (C=N–C) groups is 1. The quantitative estimate of drug-likeness (QED) is 0.394.